The largest absolute Gasteiger partial charge is 0.467 e. The van der Waals surface area contributed by atoms with Gasteiger partial charge >= 0.3 is 0 Å². The number of hydrogen-bond acceptors (Lipinski definition) is 4. The number of anilines is 1. The van der Waals surface area contributed by atoms with Crippen LogP contribution in [-0.4, -0.2) is 27.1 Å². The summed E-state index contributed by atoms with van der Waals surface area (Å²) < 4.78 is 29.9. The smallest absolute Gasteiger partial charge is 0.251 e. The third-order valence-electron chi connectivity index (χ3n) is 3.28. The van der Waals surface area contributed by atoms with Crippen LogP contribution in [0.3, 0.4) is 0 Å². The summed E-state index contributed by atoms with van der Waals surface area (Å²) in [4.78, 5) is 12.0. The van der Waals surface area contributed by atoms with Crippen molar-refractivity contribution in [3.63, 3.8) is 0 Å². The maximum absolute atomic E-state index is 12.0. The van der Waals surface area contributed by atoms with E-state index < -0.39 is 10.0 Å². The predicted octanol–water partition coefficient (Wildman–Crippen LogP) is 2.00. The van der Waals surface area contributed by atoms with E-state index in [0.29, 0.717) is 23.6 Å². The minimum atomic E-state index is -3.30. The normalized spacial score (nSPS) is 11.2. The second-order valence-electron chi connectivity index (χ2n) is 4.68. The van der Waals surface area contributed by atoms with Gasteiger partial charge in [-0.2, -0.15) is 0 Å². The van der Waals surface area contributed by atoms with Crippen molar-refractivity contribution in [1.82, 2.24) is 5.32 Å². The molecule has 0 bridgehead atoms. The molecule has 2 rings (SSSR count). The zero-order valence-electron chi connectivity index (χ0n) is 12.4. The molecule has 1 aromatic heterocycles. The lowest BCUT2D eigenvalue weighted by Gasteiger charge is -2.18. The number of nitrogens with zero attached hydrogens (tertiary/aromatic N) is 1. The maximum atomic E-state index is 12.0. The van der Waals surface area contributed by atoms with Gasteiger partial charge in [0.15, 0.2) is 0 Å². The molecule has 0 unspecified atom stereocenters. The van der Waals surface area contributed by atoms with Gasteiger partial charge in [0.05, 0.1) is 24.2 Å². The Bertz CT molecular complexity index is 721. The molecule has 0 saturated heterocycles. The number of benzene rings is 1. The Kier molecular flexibility index (Phi) is 4.87. The quantitative estimate of drug-likeness (QED) is 0.882. The second-order valence-corrected chi connectivity index (χ2v) is 6.97. The van der Waals surface area contributed by atoms with Gasteiger partial charge in [-0.3, -0.25) is 9.10 Å². The average Bonchev–Trinajstić information content (AvgIpc) is 3.05. The topological polar surface area (TPSA) is 79.6 Å². The van der Waals surface area contributed by atoms with Crippen molar-refractivity contribution >= 4 is 21.6 Å². The highest BCUT2D eigenvalue weighted by Crippen LogP contribution is 2.17. The molecule has 0 radical (unpaired) electrons. The first kappa shape index (κ1) is 16.1. The number of carbonyl (C=O) groups excluding carboxylic acids is 1. The molecule has 0 aliphatic rings. The van der Waals surface area contributed by atoms with Gasteiger partial charge in [-0.25, -0.2) is 8.42 Å². The molecule has 1 aromatic carbocycles. The SMILES string of the molecule is CCS(=O)(=O)N(C)c1ccc(C(=O)NCc2ccco2)cc1. The summed E-state index contributed by atoms with van der Waals surface area (Å²) in [7, 11) is -1.81. The lowest BCUT2D eigenvalue weighted by atomic mass is 10.2. The Morgan fingerprint density at radius 1 is 1.23 bits per heavy atom. The van der Waals surface area contributed by atoms with Crippen LogP contribution in [0.25, 0.3) is 0 Å². The number of carbonyl (C=O) groups is 1. The Hall–Kier alpha value is -2.28. The van der Waals surface area contributed by atoms with E-state index in [0.717, 1.165) is 0 Å². The molecule has 1 heterocycles. The molecule has 0 saturated carbocycles. The van der Waals surface area contributed by atoms with Crippen LogP contribution < -0.4 is 9.62 Å². The minimum absolute atomic E-state index is 0.0227. The first-order chi connectivity index (χ1) is 10.4. The van der Waals surface area contributed by atoms with Crippen LogP contribution in [0.2, 0.25) is 0 Å². The van der Waals surface area contributed by atoms with Crippen LogP contribution in [-0.2, 0) is 16.6 Å². The highest BCUT2D eigenvalue weighted by atomic mass is 32.2. The molecule has 7 heteroatoms. The molecule has 0 aliphatic heterocycles. The Morgan fingerprint density at radius 2 is 1.91 bits per heavy atom. The van der Waals surface area contributed by atoms with Crippen LogP contribution in [0.1, 0.15) is 23.0 Å². The third kappa shape index (κ3) is 3.67. The van der Waals surface area contributed by atoms with E-state index in [2.05, 4.69) is 5.32 Å². The van der Waals surface area contributed by atoms with Gasteiger partial charge in [-0.05, 0) is 43.3 Å². The number of amides is 1. The fourth-order valence-corrected chi connectivity index (χ4v) is 2.69. The third-order valence-corrected chi connectivity index (χ3v) is 5.05. The van der Waals surface area contributed by atoms with Gasteiger partial charge in [0, 0.05) is 12.6 Å². The lowest BCUT2D eigenvalue weighted by molar-refractivity contribution is 0.0948. The fourth-order valence-electron chi connectivity index (χ4n) is 1.86. The van der Waals surface area contributed by atoms with Gasteiger partial charge in [0.25, 0.3) is 5.91 Å². The molecule has 0 fully saturated rings. The predicted molar refractivity (Wildman–Crippen MR) is 84.2 cm³/mol. The van der Waals surface area contributed by atoms with E-state index in [-0.39, 0.29) is 11.7 Å². The standard InChI is InChI=1S/C15H18N2O4S/c1-3-22(19,20)17(2)13-8-6-12(7-9-13)15(18)16-11-14-5-4-10-21-14/h4-10H,3,11H2,1-2H3,(H,16,18). The van der Waals surface area contributed by atoms with E-state index in [1.165, 1.54) is 11.4 Å². The Balaban J connectivity index is 2.03. The molecule has 6 nitrogen and oxygen atoms in total. The Morgan fingerprint density at radius 3 is 2.45 bits per heavy atom. The number of rotatable bonds is 6. The van der Waals surface area contributed by atoms with Crippen molar-refractivity contribution in [2.24, 2.45) is 0 Å². The molecule has 118 valence electrons. The van der Waals surface area contributed by atoms with Crippen molar-refractivity contribution in [3.8, 4) is 0 Å². The van der Waals surface area contributed by atoms with Crippen molar-refractivity contribution < 1.29 is 17.6 Å². The van der Waals surface area contributed by atoms with Crippen LogP contribution >= 0.6 is 0 Å². The first-order valence-electron chi connectivity index (χ1n) is 6.81. The van der Waals surface area contributed by atoms with Crippen molar-refractivity contribution in [2.75, 3.05) is 17.1 Å². The summed E-state index contributed by atoms with van der Waals surface area (Å²) in [6.45, 7) is 1.89. The summed E-state index contributed by atoms with van der Waals surface area (Å²) in [6, 6.07) is 9.92. The zero-order valence-corrected chi connectivity index (χ0v) is 13.3. The molecular weight excluding hydrogens is 304 g/mol. The average molecular weight is 322 g/mol. The highest BCUT2D eigenvalue weighted by molar-refractivity contribution is 7.92. The molecule has 1 N–H and O–H groups in total. The van der Waals surface area contributed by atoms with E-state index in [1.54, 1.807) is 49.6 Å². The van der Waals surface area contributed by atoms with Crippen LogP contribution in [0.5, 0.6) is 0 Å². The minimum Gasteiger partial charge on any atom is -0.467 e. The molecule has 1 amide bonds. The van der Waals surface area contributed by atoms with Crippen LogP contribution in [0, 0.1) is 0 Å². The summed E-state index contributed by atoms with van der Waals surface area (Å²) >= 11 is 0. The second kappa shape index (κ2) is 6.65. The number of furan rings is 1. The van der Waals surface area contributed by atoms with Gasteiger partial charge in [-0.15, -0.1) is 0 Å². The van der Waals surface area contributed by atoms with Gasteiger partial charge < -0.3 is 9.73 Å². The molecule has 0 aliphatic carbocycles. The number of nitrogens with one attached hydrogen (secondary N) is 1. The van der Waals surface area contributed by atoms with Crippen LogP contribution in [0.15, 0.2) is 47.1 Å². The zero-order chi connectivity index (χ0) is 16.2. The number of sulfonamides is 1. The molecule has 0 spiro atoms. The monoisotopic (exact) mass is 322 g/mol. The van der Waals surface area contributed by atoms with Gasteiger partial charge in [0.1, 0.15) is 5.76 Å². The van der Waals surface area contributed by atoms with Crippen molar-refractivity contribution in [3.05, 3.63) is 54.0 Å². The summed E-state index contributed by atoms with van der Waals surface area (Å²) in [5, 5.41) is 2.73. The molecular formula is C15H18N2O4S. The van der Waals surface area contributed by atoms with Crippen molar-refractivity contribution in [2.45, 2.75) is 13.5 Å². The van der Waals surface area contributed by atoms with E-state index in [9.17, 15) is 13.2 Å². The summed E-state index contributed by atoms with van der Waals surface area (Å²) in [5.41, 5.74) is 0.974. The molecule has 0 atom stereocenters. The molecule has 2 aromatic rings. The van der Waals surface area contributed by atoms with E-state index >= 15 is 0 Å². The number of hydrogen-bond donors (Lipinski definition) is 1. The van der Waals surface area contributed by atoms with E-state index in [4.69, 9.17) is 4.42 Å². The van der Waals surface area contributed by atoms with Crippen molar-refractivity contribution in [1.29, 1.82) is 0 Å². The summed E-state index contributed by atoms with van der Waals surface area (Å²) in [6.07, 6.45) is 1.54. The van der Waals surface area contributed by atoms with Gasteiger partial charge in [0.2, 0.25) is 10.0 Å². The van der Waals surface area contributed by atoms with E-state index in [1.807, 2.05) is 0 Å². The molecule has 22 heavy (non-hydrogen) atoms. The lowest BCUT2D eigenvalue weighted by Crippen LogP contribution is -2.28. The first-order valence-corrected chi connectivity index (χ1v) is 8.42. The van der Waals surface area contributed by atoms with Gasteiger partial charge in [-0.1, -0.05) is 0 Å². The maximum Gasteiger partial charge on any atom is 0.251 e. The highest BCUT2D eigenvalue weighted by Gasteiger charge is 2.16. The summed E-state index contributed by atoms with van der Waals surface area (Å²) in [5.74, 6) is 0.442. The van der Waals surface area contributed by atoms with Crippen LogP contribution in [0.4, 0.5) is 5.69 Å². The Labute approximate surface area is 129 Å². The fraction of sp³-hybridized carbons (Fsp3) is 0.267.